The number of carbonyl (C=O) groups is 1. The van der Waals surface area contributed by atoms with Gasteiger partial charge in [-0.2, -0.15) is 0 Å². The van der Waals surface area contributed by atoms with E-state index in [0.29, 0.717) is 33.7 Å². The number of halogens is 1. The van der Waals surface area contributed by atoms with Crippen molar-refractivity contribution in [1.82, 2.24) is 10.3 Å². The maximum absolute atomic E-state index is 12.4. The molecule has 0 aliphatic carbocycles. The van der Waals surface area contributed by atoms with Crippen LogP contribution in [0.5, 0.6) is 5.88 Å². The number of hydrogen-bond donors (Lipinski definition) is 6. The van der Waals surface area contributed by atoms with Gasteiger partial charge in [0.05, 0.1) is 0 Å². The average Bonchev–Trinajstić information content (AvgIpc) is 2.59. The Morgan fingerprint density at radius 2 is 2.08 bits per heavy atom. The number of aromatic nitrogens is 1. The SMILES string of the molecule is CCC(=O)Nc1c(=O)[nH]c(O)c2ccc(Br)c(C3CCC(O)NC3O)c12. The molecule has 0 spiro atoms. The lowest BCUT2D eigenvalue weighted by atomic mass is 9.86. The van der Waals surface area contributed by atoms with Gasteiger partial charge in [0.1, 0.15) is 18.1 Å². The number of anilines is 1. The first kappa shape index (κ1) is 18.8. The molecule has 0 radical (unpaired) electrons. The summed E-state index contributed by atoms with van der Waals surface area (Å²) in [6, 6.07) is 3.33. The molecule has 1 aliphatic heterocycles. The largest absolute Gasteiger partial charge is 0.494 e. The summed E-state index contributed by atoms with van der Waals surface area (Å²) in [5.74, 6) is -1.10. The van der Waals surface area contributed by atoms with Crippen molar-refractivity contribution < 1.29 is 20.1 Å². The Morgan fingerprint density at radius 1 is 1.35 bits per heavy atom. The van der Waals surface area contributed by atoms with Gasteiger partial charge in [-0.05, 0) is 30.5 Å². The number of pyridine rings is 1. The summed E-state index contributed by atoms with van der Waals surface area (Å²) in [4.78, 5) is 26.7. The van der Waals surface area contributed by atoms with Crippen molar-refractivity contribution in [3.63, 3.8) is 0 Å². The molecule has 8 nitrogen and oxygen atoms in total. The second-order valence-electron chi connectivity index (χ2n) is 6.27. The molecule has 9 heteroatoms. The summed E-state index contributed by atoms with van der Waals surface area (Å²) in [5.41, 5.74) is -0.0177. The normalized spacial score (nSPS) is 23.2. The molecule has 1 fully saturated rings. The van der Waals surface area contributed by atoms with Gasteiger partial charge in [-0.1, -0.05) is 22.9 Å². The van der Waals surface area contributed by atoms with Gasteiger partial charge in [-0.25, -0.2) is 0 Å². The van der Waals surface area contributed by atoms with Crippen molar-refractivity contribution in [2.75, 3.05) is 5.32 Å². The Morgan fingerprint density at radius 3 is 2.73 bits per heavy atom. The van der Waals surface area contributed by atoms with E-state index in [1.165, 1.54) is 0 Å². The molecule has 1 aliphatic rings. The quantitative estimate of drug-likeness (QED) is 0.440. The summed E-state index contributed by atoms with van der Waals surface area (Å²) in [5, 5.41) is 36.3. The summed E-state index contributed by atoms with van der Waals surface area (Å²) in [6.07, 6.45) is -0.800. The molecule has 2 aromatic rings. The standard InChI is InChI=1S/C17H20BrN3O5/c1-2-10(22)19-14-13-8(16(25)21-17(14)26)3-5-9(18)12(13)7-4-6-11(23)20-15(7)24/h3,5,7,11,15,20,23-24H,2,4,6H2,1H3,(H,19,22)(H2,21,25,26). The number of carbonyl (C=O) groups excluding carboxylic acids is 1. The first-order chi connectivity index (χ1) is 12.3. The minimum Gasteiger partial charge on any atom is -0.494 e. The summed E-state index contributed by atoms with van der Waals surface area (Å²) < 4.78 is 0.629. The van der Waals surface area contributed by atoms with Crippen molar-refractivity contribution >= 4 is 38.3 Å². The second-order valence-corrected chi connectivity index (χ2v) is 7.13. The van der Waals surface area contributed by atoms with E-state index < -0.39 is 23.9 Å². The molecule has 2 heterocycles. The van der Waals surface area contributed by atoms with E-state index in [1.807, 2.05) is 0 Å². The van der Waals surface area contributed by atoms with Gasteiger partial charge >= 0.3 is 0 Å². The predicted molar refractivity (Wildman–Crippen MR) is 100.0 cm³/mol. The number of aliphatic hydroxyl groups is 2. The zero-order valence-corrected chi connectivity index (χ0v) is 15.6. The smallest absolute Gasteiger partial charge is 0.275 e. The van der Waals surface area contributed by atoms with Gasteiger partial charge in [0.15, 0.2) is 5.88 Å². The molecule has 0 bridgehead atoms. The maximum atomic E-state index is 12.4. The fourth-order valence-corrected chi connectivity index (χ4v) is 3.94. The highest BCUT2D eigenvalue weighted by atomic mass is 79.9. The third-order valence-electron chi connectivity index (χ3n) is 4.61. The minimum atomic E-state index is -1.04. The lowest BCUT2D eigenvalue weighted by Crippen LogP contribution is -2.46. The van der Waals surface area contributed by atoms with Crippen LogP contribution in [0.15, 0.2) is 21.4 Å². The van der Waals surface area contributed by atoms with Gasteiger partial charge in [0.25, 0.3) is 5.56 Å². The number of H-pyrrole nitrogens is 1. The van der Waals surface area contributed by atoms with E-state index in [1.54, 1.807) is 19.1 Å². The van der Waals surface area contributed by atoms with E-state index in [9.17, 15) is 24.9 Å². The number of aliphatic hydroxyl groups excluding tert-OH is 2. The van der Waals surface area contributed by atoms with E-state index >= 15 is 0 Å². The first-order valence-corrected chi connectivity index (χ1v) is 9.12. The summed E-state index contributed by atoms with van der Waals surface area (Å²) in [7, 11) is 0. The number of piperidine rings is 1. The van der Waals surface area contributed by atoms with Crippen LogP contribution >= 0.6 is 15.9 Å². The monoisotopic (exact) mass is 425 g/mol. The molecule has 3 atom stereocenters. The van der Waals surface area contributed by atoms with Gasteiger partial charge in [0.2, 0.25) is 5.91 Å². The summed E-state index contributed by atoms with van der Waals surface area (Å²) in [6.45, 7) is 1.67. The Hall–Kier alpha value is -1.94. The molecule has 0 saturated carbocycles. The number of aromatic hydroxyl groups is 1. The Labute approximate surface area is 157 Å². The molecule has 1 aromatic carbocycles. The maximum Gasteiger partial charge on any atom is 0.275 e. The van der Waals surface area contributed by atoms with Gasteiger partial charge in [0, 0.05) is 27.6 Å². The molecular weight excluding hydrogens is 406 g/mol. The van der Waals surface area contributed by atoms with Crippen LogP contribution in [0.4, 0.5) is 5.69 Å². The minimum absolute atomic E-state index is 0.0271. The Kier molecular flexibility index (Phi) is 5.33. The zero-order chi connectivity index (χ0) is 19.0. The molecular formula is C17H20BrN3O5. The molecule has 3 rings (SSSR count). The number of amides is 1. The molecule has 26 heavy (non-hydrogen) atoms. The molecule has 1 saturated heterocycles. The van der Waals surface area contributed by atoms with Crippen molar-refractivity contribution in [2.24, 2.45) is 0 Å². The lowest BCUT2D eigenvalue weighted by Gasteiger charge is -2.33. The van der Waals surface area contributed by atoms with E-state index in [2.05, 4.69) is 31.5 Å². The van der Waals surface area contributed by atoms with Crippen LogP contribution < -0.4 is 16.2 Å². The van der Waals surface area contributed by atoms with Crippen LogP contribution in [0.2, 0.25) is 0 Å². The first-order valence-electron chi connectivity index (χ1n) is 8.32. The molecule has 140 valence electrons. The van der Waals surface area contributed by atoms with Gasteiger partial charge in [-0.15, -0.1) is 0 Å². The molecule has 6 N–H and O–H groups in total. The highest BCUT2D eigenvalue weighted by Gasteiger charge is 2.32. The lowest BCUT2D eigenvalue weighted by molar-refractivity contribution is -0.115. The third-order valence-corrected chi connectivity index (χ3v) is 5.30. The van der Waals surface area contributed by atoms with E-state index in [-0.39, 0.29) is 23.9 Å². The van der Waals surface area contributed by atoms with Crippen LogP contribution in [0.3, 0.4) is 0 Å². The number of fused-ring (bicyclic) bond motifs is 1. The number of benzene rings is 1. The molecule has 1 aromatic heterocycles. The van der Waals surface area contributed by atoms with Crippen LogP contribution in [-0.2, 0) is 4.79 Å². The summed E-state index contributed by atoms with van der Waals surface area (Å²) >= 11 is 3.45. The van der Waals surface area contributed by atoms with Crippen LogP contribution in [0.25, 0.3) is 10.8 Å². The number of hydrogen-bond acceptors (Lipinski definition) is 6. The molecule has 1 amide bonds. The highest BCUT2D eigenvalue weighted by Crippen LogP contribution is 2.41. The van der Waals surface area contributed by atoms with E-state index in [0.717, 1.165) is 0 Å². The Bertz CT molecular complexity index is 913. The Balaban J connectivity index is 2.29. The second kappa shape index (κ2) is 7.36. The van der Waals surface area contributed by atoms with Crippen molar-refractivity contribution in [2.45, 2.75) is 44.6 Å². The van der Waals surface area contributed by atoms with Crippen LogP contribution in [-0.4, -0.2) is 38.7 Å². The van der Waals surface area contributed by atoms with Crippen LogP contribution in [0.1, 0.15) is 37.7 Å². The predicted octanol–water partition coefficient (Wildman–Crippen LogP) is 1.45. The van der Waals surface area contributed by atoms with E-state index in [4.69, 9.17) is 0 Å². The van der Waals surface area contributed by atoms with Crippen molar-refractivity contribution in [1.29, 1.82) is 0 Å². The average molecular weight is 426 g/mol. The van der Waals surface area contributed by atoms with Crippen LogP contribution in [0, 0.1) is 0 Å². The zero-order valence-electron chi connectivity index (χ0n) is 14.0. The third kappa shape index (κ3) is 3.35. The number of aromatic amines is 1. The fourth-order valence-electron chi connectivity index (χ4n) is 3.32. The number of rotatable bonds is 3. The van der Waals surface area contributed by atoms with Crippen molar-refractivity contribution in [3.8, 4) is 5.88 Å². The fraction of sp³-hybridized carbons (Fsp3) is 0.412. The van der Waals surface area contributed by atoms with Gasteiger partial charge < -0.3 is 20.6 Å². The van der Waals surface area contributed by atoms with Gasteiger partial charge in [-0.3, -0.25) is 19.9 Å². The molecule has 3 unspecified atom stereocenters. The highest BCUT2D eigenvalue weighted by molar-refractivity contribution is 9.10. The number of nitrogens with one attached hydrogen (secondary N) is 3. The van der Waals surface area contributed by atoms with Crippen molar-refractivity contribution in [3.05, 3.63) is 32.5 Å². The topological polar surface area (TPSA) is 135 Å².